The van der Waals surface area contributed by atoms with Crippen LogP contribution in [-0.4, -0.2) is 30.5 Å². The Hall–Kier alpha value is -1.62. The summed E-state index contributed by atoms with van der Waals surface area (Å²) in [5, 5.41) is 3.10. The Morgan fingerprint density at radius 3 is 2.94 bits per heavy atom. The number of hydrogen-bond acceptors (Lipinski definition) is 4. The third-order valence-corrected chi connectivity index (χ3v) is 2.26. The third kappa shape index (κ3) is 4.82. The van der Waals surface area contributed by atoms with Gasteiger partial charge in [-0.05, 0) is 18.6 Å². The molecule has 1 rings (SSSR count). The maximum Gasteiger partial charge on any atom is 0.305 e. The number of pyridine rings is 1. The molecule has 1 N–H and O–H groups in total. The van der Waals surface area contributed by atoms with E-state index in [0.717, 1.165) is 0 Å². The van der Waals surface area contributed by atoms with Crippen LogP contribution in [0.3, 0.4) is 0 Å². The Bertz CT molecular complexity index is 409. The highest BCUT2D eigenvalue weighted by Crippen LogP contribution is 2.07. The minimum Gasteiger partial charge on any atom is -0.469 e. The molecule has 1 aromatic rings. The SMILES string of the molecule is COC(=O)CCCNC(=O)c1cc(Cl)ccn1. The molecule has 92 valence electrons. The minimum absolute atomic E-state index is 0.260. The van der Waals surface area contributed by atoms with Gasteiger partial charge in [0, 0.05) is 24.2 Å². The average molecular weight is 257 g/mol. The lowest BCUT2D eigenvalue weighted by Crippen LogP contribution is -2.25. The fourth-order valence-electron chi connectivity index (χ4n) is 1.16. The second kappa shape index (κ2) is 6.85. The molecule has 0 saturated carbocycles. The molecule has 0 aliphatic rings. The van der Waals surface area contributed by atoms with Gasteiger partial charge in [-0.3, -0.25) is 14.6 Å². The summed E-state index contributed by atoms with van der Waals surface area (Å²) in [6.45, 7) is 0.391. The predicted molar refractivity (Wildman–Crippen MR) is 62.8 cm³/mol. The van der Waals surface area contributed by atoms with Crippen molar-refractivity contribution in [3.8, 4) is 0 Å². The van der Waals surface area contributed by atoms with Crippen molar-refractivity contribution < 1.29 is 14.3 Å². The van der Waals surface area contributed by atoms with Crippen LogP contribution in [0.4, 0.5) is 0 Å². The van der Waals surface area contributed by atoms with Crippen LogP contribution in [0, 0.1) is 0 Å². The topological polar surface area (TPSA) is 68.3 Å². The molecule has 0 aliphatic carbocycles. The summed E-state index contributed by atoms with van der Waals surface area (Å²) in [6, 6.07) is 3.08. The van der Waals surface area contributed by atoms with Crippen LogP contribution < -0.4 is 5.32 Å². The summed E-state index contributed by atoms with van der Waals surface area (Å²) in [5.74, 6) is -0.600. The van der Waals surface area contributed by atoms with E-state index in [-0.39, 0.29) is 24.0 Å². The van der Waals surface area contributed by atoms with Gasteiger partial charge in [-0.1, -0.05) is 11.6 Å². The Morgan fingerprint density at radius 2 is 2.29 bits per heavy atom. The number of methoxy groups -OCH3 is 1. The summed E-state index contributed by atoms with van der Waals surface area (Å²) >= 11 is 5.73. The molecule has 0 fully saturated rings. The first kappa shape index (κ1) is 13.4. The van der Waals surface area contributed by atoms with Gasteiger partial charge in [0.25, 0.3) is 5.91 Å². The summed E-state index contributed by atoms with van der Waals surface area (Å²) in [5.41, 5.74) is 0.260. The van der Waals surface area contributed by atoms with Gasteiger partial charge in [-0.15, -0.1) is 0 Å². The molecule has 6 heteroatoms. The van der Waals surface area contributed by atoms with Gasteiger partial charge in [-0.25, -0.2) is 0 Å². The van der Waals surface area contributed by atoms with Crippen molar-refractivity contribution in [1.29, 1.82) is 0 Å². The van der Waals surface area contributed by atoms with E-state index >= 15 is 0 Å². The molecule has 1 heterocycles. The number of hydrogen-bond donors (Lipinski definition) is 1. The maximum atomic E-state index is 11.6. The highest BCUT2D eigenvalue weighted by molar-refractivity contribution is 6.30. The summed E-state index contributed by atoms with van der Waals surface area (Å²) in [4.78, 5) is 26.3. The van der Waals surface area contributed by atoms with Crippen molar-refractivity contribution in [2.24, 2.45) is 0 Å². The Kier molecular flexibility index (Phi) is 5.42. The van der Waals surface area contributed by atoms with Crippen molar-refractivity contribution in [3.05, 3.63) is 29.0 Å². The molecule has 17 heavy (non-hydrogen) atoms. The number of aromatic nitrogens is 1. The van der Waals surface area contributed by atoms with E-state index in [1.54, 1.807) is 6.07 Å². The number of amides is 1. The monoisotopic (exact) mass is 256 g/mol. The first-order valence-corrected chi connectivity index (χ1v) is 5.48. The number of ether oxygens (including phenoxy) is 1. The van der Waals surface area contributed by atoms with Crippen molar-refractivity contribution in [2.75, 3.05) is 13.7 Å². The molecule has 1 amide bonds. The van der Waals surface area contributed by atoms with Crippen LogP contribution >= 0.6 is 11.6 Å². The van der Waals surface area contributed by atoms with Crippen molar-refractivity contribution >= 4 is 23.5 Å². The highest BCUT2D eigenvalue weighted by atomic mass is 35.5. The van der Waals surface area contributed by atoms with Crippen LogP contribution in [0.1, 0.15) is 23.3 Å². The number of carbonyl (C=O) groups is 2. The van der Waals surface area contributed by atoms with Crippen LogP contribution in [0.15, 0.2) is 18.3 Å². The summed E-state index contributed by atoms with van der Waals surface area (Å²) < 4.78 is 4.48. The van der Waals surface area contributed by atoms with E-state index in [9.17, 15) is 9.59 Å². The molecule has 0 spiro atoms. The molecule has 0 aromatic carbocycles. The summed E-state index contributed by atoms with van der Waals surface area (Å²) in [7, 11) is 1.33. The van der Waals surface area contributed by atoms with Gasteiger partial charge >= 0.3 is 5.97 Å². The maximum absolute atomic E-state index is 11.6. The molecule has 1 aromatic heterocycles. The largest absolute Gasteiger partial charge is 0.469 e. The third-order valence-electron chi connectivity index (χ3n) is 2.03. The quantitative estimate of drug-likeness (QED) is 0.639. The van der Waals surface area contributed by atoms with E-state index in [2.05, 4.69) is 15.0 Å². The normalized spacial score (nSPS) is 9.76. The molecule has 0 aliphatic heterocycles. The first-order valence-electron chi connectivity index (χ1n) is 5.10. The molecule has 0 saturated heterocycles. The molecule has 5 nitrogen and oxygen atoms in total. The zero-order valence-electron chi connectivity index (χ0n) is 9.40. The zero-order chi connectivity index (χ0) is 12.7. The number of nitrogens with one attached hydrogen (secondary N) is 1. The van der Waals surface area contributed by atoms with Crippen LogP contribution in [0.25, 0.3) is 0 Å². The molecule has 0 bridgehead atoms. The van der Waals surface area contributed by atoms with Gasteiger partial charge in [-0.2, -0.15) is 0 Å². The lowest BCUT2D eigenvalue weighted by atomic mass is 10.3. The summed E-state index contributed by atoms with van der Waals surface area (Å²) in [6.07, 6.45) is 2.27. The molecular weight excluding hydrogens is 244 g/mol. The molecular formula is C11H13ClN2O3. The number of halogens is 1. The predicted octanol–water partition coefficient (Wildman–Crippen LogP) is 1.42. The van der Waals surface area contributed by atoms with Gasteiger partial charge in [0.1, 0.15) is 5.69 Å². The zero-order valence-corrected chi connectivity index (χ0v) is 10.2. The van der Waals surface area contributed by atoms with Gasteiger partial charge in [0.15, 0.2) is 0 Å². The molecule has 0 radical (unpaired) electrons. The number of nitrogens with zero attached hydrogens (tertiary/aromatic N) is 1. The molecule has 0 unspecified atom stereocenters. The Balaban J connectivity index is 2.33. The Morgan fingerprint density at radius 1 is 1.53 bits per heavy atom. The number of rotatable bonds is 5. The number of carbonyl (C=O) groups excluding carboxylic acids is 2. The lowest BCUT2D eigenvalue weighted by Gasteiger charge is -2.04. The first-order chi connectivity index (χ1) is 8.13. The molecule has 0 atom stereocenters. The van der Waals surface area contributed by atoms with E-state index < -0.39 is 0 Å². The number of esters is 1. The van der Waals surface area contributed by atoms with Gasteiger partial charge < -0.3 is 10.1 Å². The van der Waals surface area contributed by atoms with Gasteiger partial charge in [0.2, 0.25) is 0 Å². The Labute approximate surface area is 104 Å². The van der Waals surface area contributed by atoms with Crippen LogP contribution in [0.2, 0.25) is 5.02 Å². The van der Waals surface area contributed by atoms with Crippen molar-refractivity contribution in [2.45, 2.75) is 12.8 Å². The highest BCUT2D eigenvalue weighted by Gasteiger charge is 2.07. The fraction of sp³-hybridized carbons (Fsp3) is 0.364. The second-order valence-corrected chi connectivity index (χ2v) is 3.73. The fourth-order valence-corrected chi connectivity index (χ4v) is 1.32. The minimum atomic E-state index is -0.308. The van der Waals surface area contributed by atoms with Crippen LogP contribution in [0.5, 0.6) is 0 Å². The second-order valence-electron chi connectivity index (χ2n) is 3.29. The van der Waals surface area contributed by atoms with E-state index in [4.69, 9.17) is 11.6 Å². The van der Waals surface area contributed by atoms with Crippen LogP contribution in [-0.2, 0) is 9.53 Å². The average Bonchev–Trinajstić information content (AvgIpc) is 2.34. The van der Waals surface area contributed by atoms with E-state index in [1.807, 2.05) is 0 Å². The lowest BCUT2D eigenvalue weighted by molar-refractivity contribution is -0.140. The van der Waals surface area contributed by atoms with Gasteiger partial charge in [0.05, 0.1) is 7.11 Å². The van der Waals surface area contributed by atoms with Crippen molar-refractivity contribution in [1.82, 2.24) is 10.3 Å². The standard InChI is InChI=1S/C11H13ClN2O3/c1-17-10(15)3-2-5-14-11(16)9-7-8(12)4-6-13-9/h4,6-7H,2-3,5H2,1H3,(H,14,16). The smallest absolute Gasteiger partial charge is 0.305 e. The van der Waals surface area contributed by atoms with Crippen molar-refractivity contribution in [3.63, 3.8) is 0 Å². The van der Waals surface area contributed by atoms with E-state index in [1.165, 1.54) is 19.4 Å². The van der Waals surface area contributed by atoms with E-state index in [0.29, 0.717) is 18.0 Å².